The highest BCUT2D eigenvalue weighted by Gasteiger charge is 2.21. The molecule has 4 heteroatoms. The number of rotatable bonds is 3. The van der Waals surface area contributed by atoms with Crippen molar-refractivity contribution in [2.45, 2.75) is 19.3 Å². The first-order chi connectivity index (χ1) is 6.77. The van der Waals surface area contributed by atoms with Crippen LogP contribution in [0.1, 0.15) is 19.3 Å². The van der Waals surface area contributed by atoms with Gasteiger partial charge in [-0.2, -0.15) is 0 Å². The van der Waals surface area contributed by atoms with Crippen LogP contribution in [0.3, 0.4) is 0 Å². The van der Waals surface area contributed by atoms with Crippen LogP contribution in [0.15, 0.2) is 0 Å². The number of carbonyl (C=O) groups is 1. The Bertz CT molecular complexity index is 184. The predicted molar refractivity (Wildman–Crippen MR) is 56.9 cm³/mol. The van der Waals surface area contributed by atoms with E-state index in [2.05, 4.69) is 10.2 Å². The molecule has 0 aromatic carbocycles. The third-order valence-corrected chi connectivity index (χ3v) is 2.88. The summed E-state index contributed by atoms with van der Waals surface area (Å²) in [5.74, 6) is 0.405. The summed E-state index contributed by atoms with van der Waals surface area (Å²) in [6.45, 7) is 3.77. The first-order valence-electron chi connectivity index (χ1n) is 5.42. The van der Waals surface area contributed by atoms with Crippen molar-refractivity contribution in [3.63, 3.8) is 0 Å². The molecule has 4 nitrogen and oxygen atoms in total. The average molecular weight is 199 g/mol. The largest absolute Gasteiger partial charge is 0.359 e. The Balaban J connectivity index is 2.36. The molecule has 1 atom stereocenters. The lowest BCUT2D eigenvalue weighted by molar-refractivity contribution is -0.124. The van der Waals surface area contributed by atoms with Crippen LogP contribution in [0.25, 0.3) is 0 Å². The van der Waals surface area contributed by atoms with E-state index in [1.807, 2.05) is 0 Å². The van der Waals surface area contributed by atoms with Crippen LogP contribution in [0.2, 0.25) is 0 Å². The van der Waals surface area contributed by atoms with Crippen molar-refractivity contribution < 1.29 is 4.79 Å². The van der Waals surface area contributed by atoms with Crippen LogP contribution in [0, 0.1) is 5.92 Å². The first-order valence-corrected chi connectivity index (χ1v) is 5.42. The normalized spacial score (nSPS) is 24.3. The van der Waals surface area contributed by atoms with Crippen molar-refractivity contribution >= 4 is 5.91 Å². The monoisotopic (exact) mass is 199 g/mol. The molecule has 1 aliphatic heterocycles. The van der Waals surface area contributed by atoms with Gasteiger partial charge >= 0.3 is 0 Å². The van der Waals surface area contributed by atoms with Gasteiger partial charge in [-0.25, -0.2) is 0 Å². The zero-order valence-electron chi connectivity index (χ0n) is 8.96. The number of hydrogen-bond donors (Lipinski definition) is 2. The summed E-state index contributed by atoms with van der Waals surface area (Å²) in [5, 5.41) is 2.73. The molecule has 1 saturated heterocycles. The minimum absolute atomic E-state index is 0.194. The second-order valence-corrected chi connectivity index (χ2v) is 3.87. The second kappa shape index (κ2) is 5.98. The second-order valence-electron chi connectivity index (χ2n) is 3.87. The van der Waals surface area contributed by atoms with Gasteiger partial charge in [0.15, 0.2) is 0 Å². The fourth-order valence-electron chi connectivity index (χ4n) is 2.03. The number of nitrogens with two attached hydrogens (primary N) is 1. The summed E-state index contributed by atoms with van der Waals surface area (Å²) in [5.41, 5.74) is 5.51. The Morgan fingerprint density at radius 3 is 2.93 bits per heavy atom. The highest BCUT2D eigenvalue weighted by atomic mass is 16.1. The summed E-state index contributed by atoms with van der Waals surface area (Å²) < 4.78 is 0. The van der Waals surface area contributed by atoms with Crippen molar-refractivity contribution in [2.75, 3.05) is 33.2 Å². The van der Waals surface area contributed by atoms with Crippen molar-refractivity contribution in [1.29, 1.82) is 0 Å². The van der Waals surface area contributed by atoms with E-state index >= 15 is 0 Å². The highest BCUT2D eigenvalue weighted by Crippen LogP contribution is 2.17. The number of amides is 1. The topological polar surface area (TPSA) is 58.4 Å². The Labute approximate surface area is 85.8 Å². The SMILES string of the molecule is CNC(=O)C1CCCN(CCN)CC1. The molecular weight excluding hydrogens is 178 g/mol. The minimum Gasteiger partial charge on any atom is -0.359 e. The summed E-state index contributed by atoms with van der Waals surface area (Å²) in [4.78, 5) is 13.8. The van der Waals surface area contributed by atoms with Gasteiger partial charge in [-0.1, -0.05) is 0 Å². The van der Waals surface area contributed by atoms with E-state index in [1.165, 1.54) is 0 Å². The molecule has 0 spiro atoms. The molecule has 0 aromatic rings. The van der Waals surface area contributed by atoms with Crippen LogP contribution in [0.5, 0.6) is 0 Å². The van der Waals surface area contributed by atoms with Crippen molar-refractivity contribution in [3.05, 3.63) is 0 Å². The smallest absolute Gasteiger partial charge is 0.222 e. The van der Waals surface area contributed by atoms with Crippen molar-refractivity contribution in [3.8, 4) is 0 Å². The van der Waals surface area contributed by atoms with E-state index in [1.54, 1.807) is 7.05 Å². The van der Waals surface area contributed by atoms with E-state index < -0.39 is 0 Å². The van der Waals surface area contributed by atoms with Crippen LogP contribution in [-0.2, 0) is 4.79 Å². The molecule has 1 heterocycles. The van der Waals surface area contributed by atoms with Crippen LogP contribution in [-0.4, -0.2) is 44.0 Å². The first kappa shape index (κ1) is 11.5. The fourth-order valence-corrected chi connectivity index (χ4v) is 2.03. The van der Waals surface area contributed by atoms with Gasteiger partial charge in [-0.05, 0) is 32.4 Å². The Morgan fingerprint density at radius 1 is 1.50 bits per heavy atom. The summed E-state index contributed by atoms with van der Waals surface area (Å²) in [6.07, 6.45) is 3.10. The molecule has 3 N–H and O–H groups in total. The number of hydrogen-bond acceptors (Lipinski definition) is 3. The predicted octanol–water partition coefficient (Wildman–Crippen LogP) is -0.207. The summed E-state index contributed by atoms with van der Waals surface area (Å²) in [7, 11) is 1.71. The Morgan fingerprint density at radius 2 is 2.29 bits per heavy atom. The van der Waals surface area contributed by atoms with Gasteiger partial charge in [0.1, 0.15) is 0 Å². The van der Waals surface area contributed by atoms with Gasteiger partial charge in [0.25, 0.3) is 0 Å². The van der Waals surface area contributed by atoms with E-state index in [0.29, 0.717) is 6.54 Å². The maximum Gasteiger partial charge on any atom is 0.222 e. The van der Waals surface area contributed by atoms with Gasteiger partial charge in [0.2, 0.25) is 5.91 Å². The maximum atomic E-state index is 11.4. The number of nitrogens with zero attached hydrogens (tertiary/aromatic N) is 1. The molecule has 0 saturated carbocycles. The minimum atomic E-state index is 0.194. The molecule has 82 valence electrons. The molecular formula is C10H21N3O. The molecule has 1 aliphatic rings. The van der Waals surface area contributed by atoms with Crippen LogP contribution >= 0.6 is 0 Å². The van der Waals surface area contributed by atoms with E-state index in [-0.39, 0.29) is 11.8 Å². The summed E-state index contributed by atoms with van der Waals surface area (Å²) in [6, 6.07) is 0. The van der Waals surface area contributed by atoms with Gasteiger partial charge in [0.05, 0.1) is 0 Å². The molecule has 0 radical (unpaired) electrons. The Hall–Kier alpha value is -0.610. The lowest BCUT2D eigenvalue weighted by Gasteiger charge is -2.18. The number of likely N-dealkylation sites (tertiary alicyclic amines) is 1. The lowest BCUT2D eigenvalue weighted by atomic mass is 10.0. The van der Waals surface area contributed by atoms with E-state index in [9.17, 15) is 4.79 Å². The molecule has 14 heavy (non-hydrogen) atoms. The van der Waals surface area contributed by atoms with Crippen LogP contribution in [0.4, 0.5) is 0 Å². The molecule has 0 bridgehead atoms. The molecule has 0 aliphatic carbocycles. The fraction of sp³-hybridized carbons (Fsp3) is 0.900. The third-order valence-electron chi connectivity index (χ3n) is 2.88. The third kappa shape index (κ3) is 3.27. The summed E-state index contributed by atoms with van der Waals surface area (Å²) >= 11 is 0. The van der Waals surface area contributed by atoms with Gasteiger partial charge in [-0.15, -0.1) is 0 Å². The van der Waals surface area contributed by atoms with Gasteiger partial charge in [-0.3, -0.25) is 4.79 Å². The maximum absolute atomic E-state index is 11.4. The van der Waals surface area contributed by atoms with Crippen molar-refractivity contribution in [2.24, 2.45) is 11.7 Å². The van der Waals surface area contributed by atoms with Crippen molar-refractivity contribution in [1.82, 2.24) is 10.2 Å². The molecule has 1 rings (SSSR count). The highest BCUT2D eigenvalue weighted by molar-refractivity contribution is 5.78. The lowest BCUT2D eigenvalue weighted by Crippen LogP contribution is -2.31. The molecule has 0 aromatic heterocycles. The zero-order valence-corrected chi connectivity index (χ0v) is 8.96. The number of carbonyl (C=O) groups excluding carboxylic acids is 1. The Kier molecular flexibility index (Phi) is 4.90. The van der Waals surface area contributed by atoms with E-state index in [0.717, 1.165) is 38.9 Å². The standard InChI is InChI=1S/C10H21N3O/c1-12-10(14)9-3-2-6-13(7-4-9)8-5-11/h9H,2-8,11H2,1H3,(H,12,14). The van der Waals surface area contributed by atoms with E-state index in [4.69, 9.17) is 5.73 Å². The number of nitrogens with one attached hydrogen (secondary N) is 1. The quantitative estimate of drug-likeness (QED) is 0.661. The van der Waals surface area contributed by atoms with Crippen LogP contribution < -0.4 is 11.1 Å². The zero-order chi connectivity index (χ0) is 10.4. The molecule has 1 amide bonds. The average Bonchev–Trinajstić information content (AvgIpc) is 2.43. The molecule has 1 unspecified atom stereocenters. The van der Waals surface area contributed by atoms with Gasteiger partial charge < -0.3 is 16.0 Å². The molecule has 1 fully saturated rings. The van der Waals surface area contributed by atoms with Gasteiger partial charge in [0, 0.05) is 26.1 Å².